The maximum atomic E-state index is 11.7. The molecule has 1 atom stereocenters. The minimum atomic E-state index is -0.943. The first-order chi connectivity index (χ1) is 13.6. The molecule has 162 valence electrons. The zero-order valence-electron chi connectivity index (χ0n) is 18.2. The fourth-order valence-electron chi connectivity index (χ4n) is 3.47. The summed E-state index contributed by atoms with van der Waals surface area (Å²) in [6.07, 6.45) is 7.31. The van der Waals surface area contributed by atoms with Gasteiger partial charge >= 0.3 is 5.97 Å². The van der Waals surface area contributed by atoms with Crippen LogP contribution in [0.5, 0.6) is 0 Å². The van der Waals surface area contributed by atoms with Crippen molar-refractivity contribution in [2.75, 3.05) is 26.9 Å². The van der Waals surface area contributed by atoms with Crippen molar-refractivity contribution in [1.82, 2.24) is 4.90 Å². The first-order valence-corrected chi connectivity index (χ1v) is 11.2. The summed E-state index contributed by atoms with van der Waals surface area (Å²) in [5, 5.41) is 9.58. The SMILES string of the molecule is C=C(C#CC(C)(C)C)SC(=CN(C)C1CCC(COC2CCOC2)CC1)C(=O)O. The molecule has 1 unspecified atom stereocenters. The smallest absolute Gasteiger partial charge is 0.344 e. The van der Waals surface area contributed by atoms with Crippen LogP contribution in [0.15, 0.2) is 22.6 Å². The lowest BCUT2D eigenvalue weighted by Gasteiger charge is -2.34. The number of hydrogen-bond acceptors (Lipinski definition) is 5. The molecule has 2 fully saturated rings. The molecule has 0 radical (unpaired) electrons. The van der Waals surface area contributed by atoms with Crippen molar-refractivity contribution in [1.29, 1.82) is 0 Å². The standard InChI is InChI=1S/C23H35NO4S/c1-17(10-12-23(2,3)4)29-21(22(25)26)14-24(5)19-8-6-18(7-9-19)15-28-20-11-13-27-16-20/h14,18-20H,1,6-9,11,13,15-16H2,2-5H3,(H,25,26). The molecule has 6 heteroatoms. The lowest BCUT2D eigenvalue weighted by Crippen LogP contribution is -2.33. The number of carboxylic acid groups (broad SMARTS) is 1. The summed E-state index contributed by atoms with van der Waals surface area (Å²) >= 11 is 1.13. The van der Waals surface area contributed by atoms with Gasteiger partial charge in [0.1, 0.15) is 4.91 Å². The Kier molecular flexibility index (Phi) is 9.13. The van der Waals surface area contributed by atoms with Crippen molar-refractivity contribution < 1.29 is 19.4 Å². The predicted octanol–water partition coefficient (Wildman–Crippen LogP) is 4.50. The molecule has 0 aromatic carbocycles. The highest BCUT2D eigenvalue weighted by atomic mass is 32.2. The van der Waals surface area contributed by atoms with E-state index in [1.54, 1.807) is 6.20 Å². The summed E-state index contributed by atoms with van der Waals surface area (Å²) in [6.45, 7) is 12.3. The lowest BCUT2D eigenvalue weighted by atomic mass is 9.86. The fraction of sp³-hybridized carbons (Fsp3) is 0.696. The van der Waals surface area contributed by atoms with E-state index in [1.165, 1.54) is 0 Å². The molecule has 1 heterocycles. The summed E-state index contributed by atoms with van der Waals surface area (Å²) in [5.41, 5.74) is -0.138. The van der Waals surface area contributed by atoms with E-state index >= 15 is 0 Å². The van der Waals surface area contributed by atoms with Crippen molar-refractivity contribution in [2.45, 2.75) is 65.0 Å². The number of ether oxygens (including phenoxy) is 2. The molecule has 5 nitrogen and oxygen atoms in total. The molecular formula is C23H35NO4S. The lowest BCUT2D eigenvalue weighted by molar-refractivity contribution is -0.131. The molecule has 0 aromatic rings. The molecule has 1 saturated heterocycles. The van der Waals surface area contributed by atoms with E-state index in [-0.39, 0.29) is 16.4 Å². The maximum absolute atomic E-state index is 11.7. The minimum absolute atomic E-state index is 0.138. The van der Waals surface area contributed by atoms with Crippen molar-refractivity contribution in [3.8, 4) is 11.8 Å². The molecule has 2 rings (SSSR count). The maximum Gasteiger partial charge on any atom is 0.344 e. The molecule has 0 spiro atoms. The van der Waals surface area contributed by atoms with Gasteiger partial charge in [0.05, 0.1) is 17.6 Å². The van der Waals surface area contributed by atoms with Crippen LogP contribution in [0.4, 0.5) is 0 Å². The Labute approximate surface area is 179 Å². The van der Waals surface area contributed by atoms with Crippen LogP contribution in [0.3, 0.4) is 0 Å². The summed E-state index contributed by atoms with van der Waals surface area (Å²) in [5.74, 6) is 5.72. The highest BCUT2D eigenvalue weighted by molar-refractivity contribution is 8.07. The highest BCUT2D eigenvalue weighted by Crippen LogP contribution is 2.30. The normalized spacial score (nSPS) is 25.2. The molecule has 0 aromatic heterocycles. The molecule has 1 aliphatic heterocycles. The molecule has 1 N–H and O–H groups in total. The van der Waals surface area contributed by atoms with Gasteiger partial charge in [0.15, 0.2) is 0 Å². The van der Waals surface area contributed by atoms with Crippen LogP contribution in [-0.2, 0) is 14.3 Å². The number of carbonyl (C=O) groups is 1. The minimum Gasteiger partial charge on any atom is -0.477 e. The third kappa shape index (κ3) is 8.86. The molecule has 0 amide bonds. The number of thioether (sulfide) groups is 1. The van der Waals surface area contributed by atoms with Gasteiger partial charge in [-0.2, -0.15) is 0 Å². The van der Waals surface area contributed by atoms with Crippen LogP contribution in [0.1, 0.15) is 52.9 Å². The number of aliphatic carboxylic acids is 1. The number of nitrogens with zero attached hydrogens (tertiary/aromatic N) is 1. The van der Waals surface area contributed by atoms with Crippen molar-refractivity contribution in [3.63, 3.8) is 0 Å². The Morgan fingerprint density at radius 3 is 2.55 bits per heavy atom. The van der Waals surface area contributed by atoms with E-state index < -0.39 is 5.97 Å². The van der Waals surface area contributed by atoms with Crippen molar-refractivity contribution in [2.24, 2.45) is 11.3 Å². The quantitative estimate of drug-likeness (QED) is 0.460. The van der Waals surface area contributed by atoms with E-state index in [0.717, 1.165) is 63.7 Å². The first kappa shape index (κ1) is 23.9. The zero-order valence-corrected chi connectivity index (χ0v) is 19.0. The van der Waals surface area contributed by atoms with Gasteiger partial charge < -0.3 is 19.5 Å². The average molecular weight is 422 g/mol. The largest absolute Gasteiger partial charge is 0.477 e. The van der Waals surface area contributed by atoms with Gasteiger partial charge in [-0.05, 0) is 58.8 Å². The van der Waals surface area contributed by atoms with Gasteiger partial charge in [-0.1, -0.05) is 30.2 Å². The van der Waals surface area contributed by atoms with Gasteiger partial charge in [0.2, 0.25) is 0 Å². The molecular weight excluding hydrogens is 386 g/mol. The first-order valence-electron chi connectivity index (χ1n) is 10.4. The summed E-state index contributed by atoms with van der Waals surface area (Å²) in [6, 6.07) is 0.352. The molecule has 2 aliphatic rings. The Balaban J connectivity index is 1.84. The number of carboxylic acids is 1. The van der Waals surface area contributed by atoms with E-state index in [9.17, 15) is 9.90 Å². The van der Waals surface area contributed by atoms with Crippen LogP contribution < -0.4 is 0 Å². The Morgan fingerprint density at radius 2 is 2.00 bits per heavy atom. The zero-order chi connectivity index (χ0) is 21.4. The second-order valence-electron chi connectivity index (χ2n) is 8.98. The van der Waals surface area contributed by atoms with E-state index in [0.29, 0.717) is 16.9 Å². The van der Waals surface area contributed by atoms with Crippen LogP contribution >= 0.6 is 11.8 Å². The van der Waals surface area contributed by atoms with Crippen LogP contribution in [-0.4, -0.2) is 55.0 Å². The van der Waals surface area contributed by atoms with Crippen molar-refractivity contribution in [3.05, 3.63) is 22.6 Å². The Hall–Kier alpha value is -1.42. The van der Waals surface area contributed by atoms with E-state index in [1.807, 2.05) is 32.7 Å². The number of hydrogen-bond donors (Lipinski definition) is 1. The predicted molar refractivity (Wildman–Crippen MR) is 118 cm³/mol. The Bertz CT molecular complexity index is 657. The van der Waals surface area contributed by atoms with Crippen LogP contribution in [0.2, 0.25) is 0 Å². The van der Waals surface area contributed by atoms with Crippen LogP contribution in [0.25, 0.3) is 0 Å². The summed E-state index contributed by atoms with van der Waals surface area (Å²) in [7, 11) is 1.96. The summed E-state index contributed by atoms with van der Waals surface area (Å²) in [4.78, 5) is 14.5. The van der Waals surface area contributed by atoms with Gasteiger partial charge in [-0.15, -0.1) is 0 Å². The van der Waals surface area contributed by atoms with Gasteiger partial charge in [0, 0.05) is 37.9 Å². The molecule has 29 heavy (non-hydrogen) atoms. The van der Waals surface area contributed by atoms with E-state index in [2.05, 4.69) is 18.4 Å². The van der Waals surface area contributed by atoms with Gasteiger partial charge in [-0.3, -0.25) is 0 Å². The average Bonchev–Trinajstić information content (AvgIpc) is 3.17. The number of rotatable bonds is 8. The second kappa shape index (κ2) is 11.1. The third-order valence-corrected chi connectivity index (χ3v) is 6.04. The molecule has 1 saturated carbocycles. The van der Waals surface area contributed by atoms with Crippen molar-refractivity contribution >= 4 is 17.7 Å². The summed E-state index contributed by atoms with van der Waals surface area (Å²) < 4.78 is 11.3. The second-order valence-corrected chi connectivity index (χ2v) is 10.1. The van der Waals surface area contributed by atoms with E-state index in [4.69, 9.17) is 9.47 Å². The molecule has 0 bridgehead atoms. The highest BCUT2D eigenvalue weighted by Gasteiger charge is 2.25. The number of allylic oxidation sites excluding steroid dienone is 1. The molecule has 1 aliphatic carbocycles. The van der Waals surface area contributed by atoms with Gasteiger partial charge in [-0.25, -0.2) is 4.79 Å². The topological polar surface area (TPSA) is 59.0 Å². The monoisotopic (exact) mass is 421 g/mol. The Morgan fingerprint density at radius 1 is 1.31 bits per heavy atom. The van der Waals surface area contributed by atoms with Crippen LogP contribution in [0, 0.1) is 23.2 Å². The third-order valence-electron chi connectivity index (χ3n) is 5.19. The van der Waals surface area contributed by atoms with Gasteiger partial charge in [0.25, 0.3) is 0 Å². The fourth-order valence-corrected chi connectivity index (χ4v) is 4.14.